The maximum atomic E-state index is 2.55. The molecule has 130 heavy (non-hydrogen) atoms. The number of fused-ring (bicyclic) bond motifs is 16. The fraction of sp³-hybridized carbons (Fsp3) is 0.0968. The number of para-hydroxylation sites is 6. The molecule has 0 spiro atoms. The molecule has 0 aliphatic carbocycles. The van der Waals surface area contributed by atoms with Crippen molar-refractivity contribution in [3.05, 3.63) is 446 Å². The molecule has 4 aromatic heterocycles. The molecule has 6 heteroatoms. The van der Waals surface area contributed by atoms with Crippen molar-refractivity contribution in [2.45, 2.75) is 80.1 Å². The summed E-state index contributed by atoms with van der Waals surface area (Å²) in [7, 11) is 0. The summed E-state index contributed by atoms with van der Waals surface area (Å²) in [6, 6.07) is 153. The van der Waals surface area contributed by atoms with Crippen LogP contribution in [-0.4, -0.2) is 8.80 Å². The molecule has 6 nitrogen and oxygen atoms in total. The molecule has 0 amide bonds. The van der Waals surface area contributed by atoms with Crippen molar-refractivity contribution in [2.75, 3.05) is 19.6 Å². The van der Waals surface area contributed by atoms with Gasteiger partial charge in [0.25, 0.3) is 0 Å². The van der Waals surface area contributed by atoms with E-state index in [0.717, 1.165) is 56.9 Å². The number of aromatic nitrogens is 2. The normalized spacial score (nSPS) is 12.1. The van der Waals surface area contributed by atoms with Gasteiger partial charge in [-0.1, -0.05) is 248 Å². The summed E-state index contributed by atoms with van der Waals surface area (Å²) in [5.41, 5.74) is 33.8. The Bertz CT molecular complexity index is 8100. The standard InChI is InChI=1S/2C62H49N3/c1-40-16-12-14-22-57(40)63(49-18-8-6-9-19-49)51-30-26-43-34-53-55-36-47(42-24-28-48(29-25-42)62(3,4)5)37-56-54-35-44-27-31-52(64(50-20-10-7-11-21-50)58-23-15-13-17-41(58)2)33-46(44)39-60(54)65(61(55)56)59(53)38-45(43)32-51;1-40-14-12-20-51(30-40)63(49-16-8-6-9-17-49)53-28-24-43-34-55-57-36-47(42-22-26-48(27-23-42)62(3,4)5)37-58-56-35-44-25-29-54(64(50-18-10-7-11-19-50)52-21-13-15-41(2)31-52)33-46(44)39-60(56)65(61(57)58)59(55)38-45(43)32-53/h2*6-39H,1-5H3. The fourth-order valence-corrected chi connectivity index (χ4v) is 20.4. The Morgan fingerprint density at radius 2 is 0.446 bits per heavy atom. The topological polar surface area (TPSA) is 21.8 Å². The summed E-state index contributed by atoms with van der Waals surface area (Å²) >= 11 is 0. The minimum Gasteiger partial charge on any atom is -0.310 e. The van der Waals surface area contributed by atoms with Gasteiger partial charge in [0, 0.05) is 111 Å². The molecule has 0 unspecified atom stereocenters. The van der Waals surface area contributed by atoms with E-state index in [0.29, 0.717) is 0 Å². The first-order valence-electron chi connectivity index (χ1n) is 45.5. The second-order valence-electron chi connectivity index (χ2n) is 37.7. The molecule has 0 radical (unpaired) electrons. The lowest BCUT2D eigenvalue weighted by atomic mass is 9.86. The minimum absolute atomic E-state index is 0.0842. The van der Waals surface area contributed by atoms with Crippen molar-refractivity contribution in [3.8, 4) is 22.3 Å². The number of hydrogen-bond donors (Lipinski definition) is 0. The smallest absolute Gasteiger partial charge is 0.0620 e. The monoisotopic (exact) mass is 1670 g/mol. The van der Waals surface area contributed by atoms with Crippen LogP contribution in [0.25, 0.3) is 142 Å². The van der Waals surface area contributed by atoms with Gasteiger partial charge < -0.3 is 28.4 Å². The van der Waals surface area contributed by atoms with Crippen LogP contribution < -0.4 is 19.6 Å². The second kappa shape index (κ2) is 31.1. The Morgan fingerprint density at radius 3 is 0.731 bits per heavy atom. The van der Waals surface area contributed by atoms with Crippen LogP contribution in [0.2, 0.25) is 0 Å². The Morgan fingerprint density at radius 1 is 0.185 bits per heavy atom. The Balaban J connectivity index is 0.000000148. The highest BCUT2D eigenvalue weighted by Gasteiger charge is 2.28. The molecule has 0 atom stereocenters. The van der Waals surface area contributed by atoms with Gasteiger partial charge in [0.2, 0.25) is 0 Å². The highest BCUT2D eigenvalue weighted by Crippen LogP contribution is 2.51. The molecule has 0 saturated carbocycles. The first kappa shape index (κ1) is 78.9. The molecule has 24 rings (SSSR count). The van der Waals surface area contributed by atoms with Gasteiger partial charge in [-0.25, -0.2) is 0 Å². The van der Waals surface area contributed by atoms with E-state index in [1.807, 2.05) is 0 Å². The third kappa shape index (κ3) is 13.7. The first-order chi connectivity index (χ1) is 63.3. The molecule has 4 heterocycles. The van der Waals surface area contributed by atoms with Gasteiger partial charge in [-0.2, -0.15) is 0 Å². The highest BCUT2D eigenvalue weighted by atomic mass is 15.2. The average molecular weight is 1670 g/mol. The number of nitrogens with zero attached hydrogens (tertiary/aromatic N) is 6. The summed E-state index contributed by atoms with van der Waals surface area (Å²) in [6.45, 7) is 22.4. The van der Waals surface area contributed by atoms with E-state index in [4.69, 9.17) is 0 Å². The van der Waals surface area contributed by atoms with Gasteiger partial charge in [-0.3, -0.25) is 0 Å². The van der Waals surface area contributed by atoms with E-state index in [1.54, 1.807) is 0 Å². The predicted octanol–water partition coefficient (Wildman–Crippen LogP) is 35.3. The van der Waals surface area contributed by atoms with Gasteiger partial charge in [0.1, 0.15) is 0 Å². The van der Waals surface area contributed by atoms with Crippen molar-refractivity contribution in [2.24, 2.45) is 0 Å². The van der Waals surface area contributed by atoms with Gasteiger partial charge in [-0.05, 0) is 344 Å². The second-order valence-corrected chi connectivity index (χ2v) is 37.7. The van der Waals surface area contributed by atoms with Crippen LogP contribution in [0.3, 0.4) is 0 Å². The minimum atomic E-state index is 0.0842. The fourth-order valence-electron chi connectivity index (χ4n) is 20.4. The first-order valence-corrected chi connectivity index (χ1v) is 45.5. The van der Waals surface area contributed by atoms with Crippen LogP contribution in [0.1, 0.15) is 74.9 Å². The third-order valence-corrected chi connectivity index (χ3v) is 27.0. The van der Waals surface area contributed by atoms with Crippen LogP contribution in [0, 0.1) is 27.7 Å². The number of aryl methyl sites for hydroxylation is 4. The van der Waals surface area contributed by atoms with Crippen LogP contribution in [0.15, 0.2) is 413 Å². The lowest BCUT2D eigenvalue weighted by Crippen LogP contribution is -2.11. The number of hydrogen-bond acceptors (Lipinski definition) is 4. The van der Waals surface area contributed by atoms with E-state index >= 15 is 0 Å². The summed E-state index contributed by atoms with van der Waals surface area (Å²) in [4.78, 5) is 9.51. The maximum absolute atomic E-state index is 2.55. The van der Waals surface area contributed by atoms with Crippen LogP contribution in [0.5, 0.6) is 0 Å². The lowest BCUT2D eigenvalue weighted by molar-refractivity contribution is 0.590. The Hall–Kier alpha value is -15.8. The summed E-state index contributed by atoms with van der Waals surface area (Å²) < 4.78 is 5.09. The number of benzene rings is 20. The lowest BCUT2D eigenvalue weighted by Gasteiger charge is -2.27. The maximum Gasteiger partial charge on any atom is 0.0620 e. The number of rotatable bonds is 14. The molecule has 0 N–H and O–H groups in total. The largest absolute Gasteiger partial charge is 0.310 e. The summed E-state index contributed by atoms with van der Waals surface area (Å²) in [6.07, 6.45) is 0. The zero-order valence-electron chi connectivity index (χ0n) is 74.9. The Labute approximate surface area is 758 Å². The van der Waals surface area contributed by atoms with E-state index in [-0.39, 0.29) is 10.8 Å². The highest BCUT2D eigenvalue weighted by molar-refractivity contribution is 6.29. The molecule has 24 aromatic rings. The van der Waals surface area contributed by atoms with E-state index in [2.05, 4.69) is 510 Å². The van der Waals surface area contributed by atoms with Crippen molar-refractivity contribution < 1.29 is 0 Å². The van der Waals surface area contributed by atoms with Crippen molar-refractivity contribution in [1.29, 1.82) is 0 Å². The van der Waals surface area contributed by atoms with Gasteiger partial charge in [0.05, 0.1) is 33.1 Å². The van der Waals surface area contributed by atoms with E-state index in [9.17, 15) is 0 Å². The molecular formula is C124H98N6. The molecule has 0 bridgehead atoms. The average Bonchev–Trinajstić information content (AvgIpc) is 1.53. The van der Waals surface area contributed by atoms with Crippen LogP contribution in [-0.2, 0) is 10.8 Å². The summed E-state index contributed by atoms with van der Waals surface area (Å²) in [5, 5.41) is 19.9. The molecule has 0 aliphatic heterocycles. The zero-order chi connectivity index (χ0) is 88.0. The van der Waals surface area contributed by atoms with Crippen LogP contribution >= 0.6 is 0 Å². The zero-order valence-corrected chi connectivity index (χ0v) is 74.9. The van der Waals surface area contributed by atoms with E-state index in [1.165, 1.54) is 186 Å². The van der Waals surface area contributed by atoms with Crippen molar-refractivity contribution >= 4 is 188 Å². The van der Waals surface area contributed by atoms with E-state index < -0.39 is 0 Å². The third-order valence-electron chi connectivity index (χ3n) is 27.0. The Kier molecular flexibility index (Phi) is 18.9. The number of anilines is 12. The van der Waals surface area contributed by atoms with Gasteiger partial charge in [0.15, 0.2) is 0 Å². The van der Waals surface area contributed by atoms with Crippen molar-refractivity contribution in [1.82, 2.24) is 8.80 Å². The molecule has 20 aromatic carbocycles. The predicted molar refractivity (Wildman–Crippen MR) is 558 cm³/mol. The van der Waals surface area contributed by atoms with Crippen molar-refractivity contribution in [3.63, 3.8) is 0 Å². The molecule has 0 aliphatic rings. The quantitative estimate of drug-likeness (QED) is 0.108. The molecule has 624 valence electrons. The molecule has 0 saturated heterocycles. The molecule has 0 fully saturated rings. The van der Waals surface area contributed by atoms with Gasteiger partial charge >= 0.3 is 0 Å². The SMILES string of the molecule is Cc1cccc(N(c2ccccc2)c2ccc3cc4c5cc(-c6ccc(C(C)(C)C)cc6)cc6c7cc8ccc(N(c9ccccc9)c9cccc(C)c9)cc8cc7n(c4cc3c2)c56)c1.Cc1ccccc1N(c1ccccc1)c1ccc2cc3c4cc(-c5ccc(C(C)(C)C)cc5)cc5c6cc7ccc(N(c8ccccc8)c8ccccc8C)cc7cc6n(c3cc2c1)c45. The molecular weight excluding hydrogens is 1570 g/mol. The van der Waals surface area contributed by atoms with Gasteiger partial charge in [-0.15, -0.1) is 0 Å². The summed E-state index contributed by atoms with van der Waals surface area (Å²) in [5.74, 6) is 0. The van der Waals surface area contributed by atoms with Crippen LogP contribution in [0.4, 0.5) is 68.2 Å².